The van der Waals surface area contributed by atoms with Gasteiger partial charge in [0.2, 0.25) is 0 Å². The molecule has 0 amide bonds. The molecule has 0 aliphatic carbocycles. The Morgan fingerprint density at radius 1 is 1.62 bits per heavy atom. The maximum atomic E-state index is 3.99. The second-order valence-corrected chi connectivity index (χ2v) is 3.43. The van der Waals surface area contributed by atoms with Gasteiger partial charge in [-0.2, -0.15) is 0 Å². The largest absolute Gasteiger partial charge is 0.308 e. The summed E-state index contributed by atoms with van der Waals surface area (Å²) in [5.74, 6) is 0. The molecular formula is C9H16N4. The summed E-state index contributed by atoms with van der Waals surface area (Å²) >= 11 is 0. The topological polar surface area (TPSA) is 34.0 Å². The van der Waals surface area contributed by atoms with Gasteiger partial charge in [-0.3, -0.25) is 0 Å². The Kier molecular flexibility index (Phi) is 3.19. The van der Waals surface area contributed by atoms with Crippen molar-refractivity contribution in [2.75, 3.05) is 20.6 Å². The van der Waals surface area contributed by atoms with Crippen LogP contribution in [-0.2, 0) is 6.54 Å². The van der Waals surface area contributed by atoms with Crippen LogP contribution in [0.3, 0.4) is 0 Å². The minimum atomic E-state index is 0.856. The number of allylic oxidation sites excluding steroid dienone is 1. The summed E-state index contributed by atoms with van der Waals surface area (Å²) in [6, 6.07) is 0. The molecule has 4 heteroatoms. The van der Waals surface area contributed by atoms with Crippen molar-refractivity contribution in [3.8, 4) is 0 Å². The third kappa shape index (κ3) is 2.66. The molecule has 4 nitrogen and oxygen atoms in total. The summed E-state index contributed by atoms with van der Waals surface area (Å²) in [4.78, 5) is 2.11. The van der Waals surface area contributed by atoms with Gasteiger partial charge in [-0.05, 0) is 26.6 Å². The van der Waals surface area contributed by atoms with E-state index in [4.69, 9.17) is 0 Å². The van der Waals surface area contributed by atoms with Crippen LogP contribution in [0.15, 0.2) is 12.8 Å². The molecule has 0 unspecified atom stereocenters. The van der Waals surface area contributed by atoms with E-state index in [1.54, 1.807) is 6.20 Å². The van der Waals surface area contributed by atoms with Crippen LogP contribution in [-0.4, -0.2) is 40.5 Å². The van der Waals surface area contributed by atoms with E-state index < -0.39 is 0 Å². The molecule has 13 heavy (non-hydrogen) atoms. The quantitative estimate of drug-likeness (QED) is 0.689. The summed E-state index contributed by atoms with van der Waals surface area (Å²) < 4.78 is 1.88. The van der Waals surface area contributed by atoms with Gasteiger partial charge in [0.1, 0.15) is 0 Å². The van der Waals surface area contributed by atoms with E-state index in [0.717, 1.165) is 24.4 Å². The molecule has 1 aromatic rings. The minimum absolute atomic E-state index is 0.856. The lowest BCUT2D eigenvalue weighted by atomic mass is 10.2. The molecule has 0 aromatic carbocycles. The molecule has 0 fully saturated rings. The van der Waals surface area contributed by atoms with Gasteiger partial charge >= 0.3 is 0 Å². The lowest BCUT2D eigenvalue weighted by Crippen LogP contribution is -2.19. The minimum Gasteiger partial charge on any atom is -0.308 e. The lowest BCUT2D eigenvalue weighted by Gasteiger charge is -2.10. The first-order chi connectivity index (χ1) is 6.11. The number of likely N-dealkylation sites (N-methyl/N-ethyl adjacent to an activating group) is 1. The van der Waals surface area contributed by atoms with E-state index in [2.05, 4.69) is 21.8 Å². The lowest BCUT2D eigenvalue weighted by molar-refractivity contribution is 0.369. The molecule has 0 aliphatic rings. The van der Waals surface area contributed by atoms with E-state index in [0.29, 0.717) is 0 Å². The molecule has 1 heterocycles. The van der Waals surface area contributed by atoms with Crippen molar-refractivity contribution in [3.05, 3.63) is 18.5 Å². The molecule has 0 radical (unpaired) electrons. The fourth-order valence-electron chi connectivity index (χ4n) is 1.05. The molecule has 0 aliphatic heterocycles. The Morgan fingerprint density at radius 2 is 2.31 bits per heavy atom. The van der Waals surface area contributed by atoms with Crippen molar-refractivity contribution in [2.45, 2.75) is 13.5 Å². The molecule has 1 aromatic heterocycles. The van der Waals surface area contributed by atoms with Crippen LogP contribution in [0.2, 0.25) is 0 Å². The van der Waals surface area contributed by atoms with Crippen LogP contribution in [0, 0.1) is 0 Å². The van der Waals surface area contributed by atoms with Crippen LogP contribution in [0.5, 0.6) is 0 Å². The Balaban J connectivity index is 2.65. The average molecular weight is 180 g/mol. The molecule has 0 bridgehead atoms. The first kappa shape index (κ1) is 9.92. The fourth-order valence-corrected chi connectivity index (χ4v) is 1.05. The Labute approximate surface area is 78.9 Å². The third-order valence-electron chi connectivity index (χ3n) is 1.81. The van der Waals surface area contributed by atoms with E-state index in [9.17, 15) is 0 Å². The van der Waals surface area contributed by atoms with Crippen molar-refractivity contribution in [1.82, 2.24) is 19.9 Å². The second kappa shape index (κ2) is 4.18. The summed E-state index contributed by atoms with van der Waals surface area (Å²) in [5, 5.41) is 7.84. The molecular weight excluding hydrogens is 164 g/mol. The van der Waals surface area contributed by atoms with Crippen molar-refractivity contribution in [2.24, 2.45) is 0 Å². The third-order valence-corrected chi connectivity index (χ3v) is 1.81. The van der Waals surface area contributed by atoms with Gasteiger partial charge in [-0.15, -0.1) is 5.10 Å². The van der Waals surface area contributed by atoms with Crippen molar-refractivity contribution < 1.29 is 0 Å². The number of rotatable bonds is 4. The molecule has 72 valence electrons. The van der Waals surface area contributed by atoms with Crippen LogP contribution < -0.4 is 0 Å². The number of aromatic nitrogens is 3. The van der Waals surface area contributed by atoms with Gasteiger partial charge in [-0.25, -0.2) is 4.68 Å². The maximum absolute atomic E-state index is 3.99. The normalized spacial score (nSPS) is 10.8. The molecule has 0 saturated heterocycles. The first-order valence-electron chi connectivity index (χ1n) is 4.30. The van der Waals surface area contributed by atoms with E-state index in [-0.39, 0.29) is 0 Å². The highest BCUT2D eigenvalue weighted by molar-refractivity contribution is 5.56. The average Bonchev–Trinajstić information content (AvgIpc) is 2.47. The van der Waals surface area contributed by atoms with E-state index in [1.807, 2.05) is 25.7 Å². The Morgan fingerprint density at radius 3 is 2.85 bits per heavy atom. The summed E-state index contributed by atoms with van der Waals surface area (Å²) in [5.41, 5.74) is 2.02. The van der Waals surface area contributed by atoms with Crippen molar-refractivity contribution in [1.29, 1.82) is 0 Å². The van der Waals surface area contributed by atoms with Gasteiger partial charge in [0.05, 0.1) is 18.4 Å². The SMILES string of the molecule is C=C(C)c1cnnn1CCN(C)C. The Hall–Kier alpha value is -1.16. The van der Waals surface area contributed by atoms with Crippen LogP contribution in [0.4, 0.5) is 0 Å². The van der Waals surface area contributed by atoms with Crippen LogP contribution >= 0.6 is 0 Å². The highest BCUT2D eigenvalue weighted by atomic mass is 15.4. The zero-order valence-electron chi connectivity index (χ0n) is 8.49. The van der Waals surface area contributed by atoms with E-state index >= 15 is 0 Å². The summed E-state index contributed by atoms with van der Waals surface area (Å²) in [6.07, 6.45) is 1.75. The highest BCUT2D eigenvalue weighted by Gasteiger charge is 2.03. The molecule has 1 rings (SSSR count). The fraction of sp³-hybridized carbons (Fsp3) is 0.556. The molecule has 0 spiro atoms. The summed E-state index contributed by atoms with van der Waals surface area (Å²) in [6.45, 7) is 7.65. The zero-order valence-corrected chi connectivity index (χ0v) is 8.49. The van der Waals surface area contributed by atoms with Gasteiger partial charge < -0.3 is 4.90 Å². The van der Waals surface area contributed by atoms with Crippen LogP contribution in [0.25, 0.3) is 5.57 Å². The number of nitrogens with zero attached hydrogens (tertiary/aromatic N) is 4. The van der Waals surface area contributed by atoms with Crippen LogP contribution in [0.1, 0.15) is 12.6 Å². The van der Waals surface area contributed by atoms with Gasteiger partial charge in [-0.1, -0.05) is 11.8 Å². The summed E-state index contributed by atoms with van der Waals surface area (Å²) in [7, 11) is 4.08. The number of hydrogen-bond acceptors (Lipinski definition) is 3. The number of hydrogen-bond donors (Lipinski definition) is 0. The monoisotopic (exact) mass is 180 g/mol. The van der Waals surface area contributed by atoms with Gasteiger partial charge in [0, 0.05) is 6.54 Å². The zero-order chi connectivity index (χ0) is 9.84. The van der Waals surface area contributed by atoms with Gasteiger partial charge in [0.15, 0.2) is 0 Å². The Bertz CT molecular complexity index is 288. The smallest absolute Gasteiger partial charge is 0.0837 e. The molecule has 0 saturated carbocycles. The molecule has 0 atom stereocenters. The predicted octanol–water partition coefficient (Wildman–Crippen LogP) is 0.873. The second-order valence-electron chi connectivity index (χ2n) is 3.43. The van der Waals surface area contributed by atoms with Gasteiger partial charge in [0.25, 0.3) is 0 Å². The van der Waals surface area contributed by atoms with Crippen molar-refractivity contribution >= 4 is 5.57 Å². The predicted molar refractivity (Wildman–Crippen MR) is 53.3 cm³/mol. The van der Waals surface area contributed by atoms with E-state index in [1.165, 1.54) is 0 Å². The molecule has 0 N–H and O–H groups in total. The maximum Gasteiger partial charge on any atom is 0.0837 e. The standard InChI is InChI=1S/C9H16N4/c1-8(2)9-7-10-11-13(9)6-5-12(3)4/h7H,1,5-6H2,2-4H3. The highest BCUT2D eigenvalue weighted by Crippen LogP contribution is 2.08. The van der Waals surface area contributed by atoms with Crippen molar-refractivity contribution in [3.63, 3.8) is 0 Å². The first-order valence-corrected chi connectivity index (χ1v) is 4.30.